The van der Waals surface area contributed by atoms with Crippen LogP contribution in [-0.2, 0) is 6.54 Å². The number of rotatable bonds is 9. The average molecular weight is 493 g/mol. The van der Waals surface area contributed by atoms with E-state index < -0.39 is 17.8 Å². The number of anilines is 3. The van der Waals surface area contributed by atoms with Crippen molar-refractivity contribution in [2.24, 2.45) is 0 Å². The van der Waals surface area contributed by atoms with Gasteiger partial charge in [0, 0.05) is 30.9 Å². The summed E-state index contributed by atoms with van der Waals surface area (Å²) in [7, 11) is 0. The van der Waals surface area contributed by atoms with Crippen LogP contribution in [0, 0.1) is 5.82 Å². The van der Waals surface area contributed by atoms with Crippen molar-refractivity contribution in [1.82, 2.24) is 10.5 Å². The first kappa shape index (κ1) is 24.5. The molecule has 0 saturated heterocycles. The highest BCUT2D eigenvalue weighted by molar-refractivity contribution is 6.15. The number of nitrogen functional groups attached to an aromatic ring is 1. The van der Waals surface area contributed by atoms with Crippen molar-refractivity contribution < 1.29 is 28.3 Å². The van der Waals surface area contributed by atoms with Gasteiger partial charge in [0.15, 0.2) is 11.6 Å². The van der Waals surface area contributed by atoms with Crippen LogP contribution in [0.3, 0.4) is 0 Å². The molecule has 3 aromatic carbocycles. The number of hydrogen-bond acceptors (Lipinski definition) is 7. The smallest absolute Gasteiger partial charge is 0.319 e. The molecule has 0 unspecified atom stereocenters. The quantitative estimate of drug-likeness (QED) is 0.222. The van der Waals surface area contributed by atoms with Crippen LogP contribution in [0.5, 0.6) is 5.75 Å². The Morgan fingerprint density at radius 1 is 1.06 bits per heavy atom. The third-order valence-electron chi connectivity index (χ3n) is 5.14. The highest BCUT2D eigenvalue weighted by Crippen LogP contribution is 2.33. The van der Waals surface area contributed by atoms with E-state index in [0.717, 1.165) is 5.56 Å². The van der Waals surface area contributed by atoms with E-state index in [-0.39, 0.29) is 36.7 Å². The number of amides is 3. The molecule has 0 saturated carbocycles. The van der Waals surface area contributed by atoms with Crippen LogP contribution in [0.2, 0.25) is 0 Å². The maximum atomic E-state index is 13.3. The number of urea groups is 1. The molecule has 186 valence electrons. The van der Waals surface area contributed by atoms with E-state index in [1.165, 1.54) is 18.2 Å². The Labute approximate surface area is 205 Å². The van der Waals surface area contributed by atoms with Gasteiger partial charge in [-0.25, -0.2) is 9.18 Å². The number of nitrogens with two attached hydrogens (primary N) is 1. The lowest BCUT2D eigenvalue weighted by atomic mass is 10.1. The minimum atomic E-state index is -0.498. The molecule has 11 heteroatoms. The summed E-state index contributed by atoms with van der Waals surface area (Å²) in [5.74, 6) is -0.482. The molecular weight excluding hydrogens is 469 g/mol. The molecule has 4 rings (SSSR count). The lowest BCUT2D eigenvalue weighted by Crippen LogP contribution is -2.28. The molecule has 0 fully saturated rings. The van der Waals surface area contributed by atoms with E-state index in [4.69, 9.17) is 20.1 Å². The van der Waals surface area contributed by atoms with Crippen LogP contribution in [-0.4, -0.2) is 35.4 Å². The highest BCUT2D eigenvalue weighted by Gasteiger charge is 2.20. The molecule has 3 amide bonds. The Hall–Kier alpha value is -4.64. The van der Waals surface area contributed by atoms with Gasteiger partial charge in [-0.05, 0) is 48.0 Å². The monoisotopic (exact) mass is 493 g/mol. The molecule has 0 aliphatic carbocycles. The van der Waals surface area contributed by atoms with Gasteiger partial charge in [0.05, 0.1) is 17.6 Å². The minimum Gasteiger partial charge on any atom is -0.489 e. The molecule has 0 radical (unpaired) electrons. The zero-order valence-corrected chi connectivity index (χ0v) is 19.1. The second-order valence-corrected chi connectivity index (χ2v) is 7.78. The summed E-state index contributed by atoms with van der Waals surface area (Å²) in [4.78, 5) is 25.2. The van der Waals surface area contributed by atoms with Gasteiger partial charge in [0.1, 0.15) is 5.82 Å². The van der Waals surface area contributed by atoms with Crippen molar-refractivity contribution in [3.05, 3.63) is 77.6 Å². The van der Waals surface area contributed by atoms with E-state index in [9.17, 15) is 14.0 Å². The fourth-order valence-electron chi connectivity index (χ4n) is 3.48. The Morgan fingerprint density at radius 2 is 1.83 bits per heavy atom. The summed E-state index contributed by atoms with van der Waals surface area (Å²) in [5.41, 5.74) is 7.98. The van der Waals surface area contributed by atoms with Crippen LogP contribution in [0.25, 0.3) is 11.0 Å². The molecule has 36 heavy (non-hydrogen) atoms. The van der Waals surface area contributed by atoms with Crippen LogP contribution < -0.4 is 26.4 Å². The number of nitrogens with zero attached hydrogens (tertiary/aromatic N) is 1. The number of nitrogens with one attached hydrogen (secondary N) is 3. The number of aliphatic hydroxyl groups is 1. The van der Waals surface area contributed by atoms with Crippen molar-refractivity contribution in [2.45, 2.75) is 13.0 Å². The molecule has 0 aliphatic heterocycles. The first-order valence-electron chi connectivity index (χ1n) is 11.1. The Morgan fingerprint density at radius 3 is 2.61 bits per heavy atom. The third kappa shape index (κ3) is 5.88. The number of fused-ring (bicyclic) bond motifs is 1. The number of carbonyl (C=O) groups excluding carboxylic acids is 2. The minimum absolute atomic E-state index is 0.0194. The SMILES string of the molecule is Nc1noc2c(OCCCO)ccc(C(=O)Nc3cccc(CNC(=O)Nc4cccc(F)c4)c3)c12. The molecule has 0 bridgehead atoms. The standard InChI is InChI=1S/C25H24FN5O5/c26-16-5-2-7-18(13-16)30-25(34)28-14-15-4-1-6-17(12-15)29-24(33)19-8-9-20(35-11-3-10-32)22-21(19)23(27)31-36-22/h1-2,4-9,12-13,32H,3,10-11,14H2,(H2,27,31)(H,29,33)(H2,28,30,34). The Kier molecular flexibility index (Phi) is 7.61. The lowest BCUT2D eigenvalue weighted by Gasteiger charge is -2.11. The summed E-state index contributed by atoms with van der Waals surface area (Å²) in [6.45, 7) is 0.418. The normalized spacial score (nSPS) is 10.7. The van der Waals surface area contributed by atoms with Gasteiger partial charge in [-0.1, -0.05) is 23.4 Å². The summed E-state index contributed by atoms with van der Waals surface area (Å²) >= 11 is 0. The average Bonchev–Trinajstić information content (AvgIpc) is 3.25. The van der Waals surface area contributed by atoms with Crippen molar-refractivity contribution in [3.8, 4) is 5.75 Å². The molecule has 1 aromatic heterocycles. The van der Waals surface area contributed by atoms with Gasteiger partial charge in [-0.3, -0.25) is 4.79 Å². The van der Waals surface area contributed by atoms with Gasteiger partial charge in [0.25, 0.3) is 5.91 Å². The maximum Gasteiger partial charge on any atom is 0.319 e. The molecule has 4 aromatic rings. The van der Waals surface area contributed by atoms with Crippen LogP contribution in [0.1, 0.15) is 22.3 Å². The molecule has 6 N–H and O–H groups in total. The van der Waals surface area contributed by atoms with Crippen molar-refractivity contribution in [2.75, 3.05) is 29.6 Å². The summed E-state index contributed by atoms with van der Waals surface area (Å²) < 4.78 is 24.1. The second kappa shape index (κ2) is 11.2. The van der Waals surface area contributed by atoms with Crippen molar-refractivity contribution in [1.29, 1.82) is 0 Å². The summed E-state index contributed by atoms with van der Waals surface area (Å²) in [6, 6.07) is 15.1. The first-order valence-corrected chi connectivity index (χ1v) is 11.1. The number of ether oxygens (including phenoxy) is 1. The predicted octanol–water partition coefficient (Wildman–Crippen LogP) is 3.88. The molecule has 1 heterocycles. The van der Waals surface area contributed by atoms with Crippen LogP contribution >= 0.6 is 0 Å². The number of carbonyl (C=O) groups is 2. The zero-order valence-electron chi connectivity index (χ0n) is 19.1. The Bertz CT molecular complexity index is 1390. The largest absolute Gasteiger partial charge is 0.489 e. The van der Waals surface area contributed by atoms with Gasteiger partial charge >= 0.3 is 6.03 Å². The maximum absolute atomic E-state index is 13.3. The zero-order chi connectivity index (χ0) is 25.5. The van der Waals surface area contributed by atoms with Gasteiger partial charge < -0.3 is 36.1 Å². The molecular formula is C25H24FN5O5. The molecule has 0 spiro atoms. The van der Waals surface area contributed by atoms with E-state index in [2.05, 4.69) is 21.1 Å². The topological polar surface area (TPSA) is 152 Å². The number of aromatic nitrogens is 1. The predicted molar refractivity (Wildman–Crippen MR) is 132 cm³/mol. The van der Waals surface area contributed by atoms with E-state index in [1.54, 1.807) is 42.5 Å². The van der Waals surface area contributed by atoms with E-state index in [0.29, 0.717) is 28.9 Å². The van der Waals surface area contributed by atoms with Crippen LogP contribution in [0.15, 0.2) is 65.2 Å². The number of benzene rings is 3. The van der Waals surface area contributed by atoms with Gasteiger partial charge in [-0.15, -0.1) is 0 Å². The third-order valence-corrected chi connectivity index (χ3v) is 5.14. The van der Waals surface area contributed by atoms with Gasteiger partial charge in [0.2, 0.25) is 5.58 Å². The molecule has 0 aliphatic rings. The van der Waals surface area contributed by atoms with Crippen molar-refractivity contribution >= 4 is 40.1 Å². The summed E-state index contributed by atoms with van der Waals surface area (Å²) in [6.07, 6.45) is 0.436. The van der Waals surface area contributed by atoms with E-state index in [1.807, 2.05) is 0 Å². The number of halogens is 1. The number of hydrogen-bond donors (Lipinski definition) is 5. The van der Waals surface area contributed by atoms with Gasteiger partial charge in [-0.2, -0.15) is 0 Å². The fraction of sp³-hybridized carbons (Fsp3) is 0.160. The van der Waals surface area contributed by atoms with Crippen molar-refractivity contribution in [3.63, 3.8) is 0 Å². The van der Waals surface area contributed by atoms with E-state index >= 15 is 0 Å². The highest BCUT2D eigenvalue weighted by atomic mass is 19.1. The fourth-order valence-corrected chi connectivity index (χ4v) is 3.48. The lowest BCUT2D eigenvalue weighted by molar-refractivity contribution is 0.102. The summed E-state index contributed by atoms with van der Waals surface area (Å²) in [5, 5.41) is 21.1. The number of aliphatic hydroxyl groups excluding tert-OH is 1. The molecule has 10 nitrogen and oxygen atoms in total. The molecule has 0 atom stereocenters. The van der Waals surface area contributed by atoms with Crippen LogP contribution in [0.4, 0.5) is 26.4 Å². The Balaban J connectivity index is 1.42. The first-order chi connectivity index (χ1) is 17.4. The second-order valence-electron chi connectivity index (χ2n) is 7.78.